The predicted molar refractivity (Wildman–Crippen MR) is 103 cm³/mol. The number of rotatable bonds is 13. The second-order valence-corrected chi connectivity index (χ2v) is 6.34. The minimum atomic E-state index is 0.418. The molecule has 1 rings (SSSR count). The molecule has 0 fully saturated rings. The Morgan fingerprint density at radius 3 is 2.88 bits per heavy atom. The van der Waals surface area contributed by atoms with E-state index in [2.05, 4.69) is 51.2 Å². The average molecular weight is 353 g/mol. The number of aliphatic imine (C=N–C) groups is 1. The van der Waals surface area contributed by atoms with Gasteiger partial charge in [-0.2, -0.15) is 0 Å². The van der Waals surface area contributed by atoms with Crippen molar-refractivity contribution < 1.29 is 4.74 Å². The average Bonchev–Trinajstić information content (AvgIpc) is 3.06. The molecule has 25 heavy (non-hydrogen) atoms. The van der Waals surface area contributed by atoms with E-state index in [0.717, 1.165) is 57.3 Å². The van der Waals surface area contributed by atoms with Gasteiger partial charge in [-0.15, -0.1) is 10.2 Å². The fraction of sp³-hybridized carbons (Fsp3) is 0.833. The molecular formula is C18H36N6O. The number of aromatic nitrogens is 3. The molecule has 1 unspecified atom stereocenters. The lowest BCUT2D eigenvalue weighted by Gasteiger charge is -2.18. The van der Waals surface area contributed by atoms with Gasteiger partial charge in [-0.25, -0.2) is 0 Å². The largest absolute Gasteiger partial charge is 0.385 e. The van der Waals surface area contributed by atoms with Crippen LogP contribution in [0.5, 0.6) is 0 Å². The molecule has 0 aliphatic carbocycles. The van der Waals surface area contributed by atoms with Crippen molar-refractivity contribution in [3.8, 4) is 0 Å². The van der Waals surface area contributed by atoms with E-state index in [1.165, 1.54) is 19.3 Å². The van der Waals surface area contributed by atoms with Gasteiger partial charge in [-0.05, 0) is 19.8 Å². The molecule has 0 saturated heterocycles. The molecule has 0 aliphatic rings. The van der Waals surface area contributed by atoms with Crippen molar-refractivity contribution >= 4 is 5.96 Å². The summed E-state index contributed by atoms with van der Waals surface area (Å²) in [6.45, 7) is 9.67. The molecule has 2 N–H and O–H groups in total. The highest BCUT2D eigenvalue weighted by molar-refractivity contribution is 5.80. The van der Waals surface area contributed by atoms with Gasteiger partial charge in [-0.1, -0.05) is 33.1 Å². The van der Waals surface area contributed by atoms with Gasteiger partial charge in [0.2, 0.25) is 0 Å². The van der Waals surface area contributed by atoms with Gasteiger partial charge < -0.3 is 19.9 Å². The molecular weight excluding hydrogens is 316 g/mol. The van der Waals surface area contributed by atoms with Crippen molar-refractivity contribution in [2.75, 3.05) is 26.8 Å². The quantitative estimate of drug-likeness (QED) is 0.324. The first-order valence-corrected chi connectivity index (χ1v) is 9.61. The van der Waals surface area contributed by atoms with Crippen LogP contribution in [0.4, 0.5) is 0 Å². The SMILES string of the molecule is CCCCCC(C)NC(=NCCCOC)NCCn1cnnc1CC. The molecule has 144 valence electrons. The molecule has 0 saturated carbocycles. The Kier molecular flexibility index (Phi) is 11.7. The standard InChI is InChI=1S/C18H36N6O/c1-5-7-8-10-16(3)22-18(19-11-9-14-25-4)20-12-13-24-15-21-23-17(24)6-2/h15-16H,5-14H2,1-4H3,(H2,19,20,22). The zero-order valence-electron chi connectivity index (χ0n) is 16.4. The number of hydrogen-bond donors (Lipinski definition) is 2. The highest BCUT2D eigenvalue weighted by Crippen LogP contribution is 2.02. The zero-order valence-corrected chi connectivity index (χ0v) is 16.4. The van der Waals surface area contributed by atoms with Gasteiger partial charge in [0.05, 0.1) is 0 Å². The van der Waals surface area contributed by atoms with Gasteiger partial charge in [-0.3, -0.25) is 4.99 Å². The van der Waals surface area contributed by atoms with E-state index < -0.39 is 0 Å². The fourth-order valence-electron chi connectivity index (χ4n) is 2.59. The van der Waals surface area contributed by atoms with Gasteiger partial charge in [0.15, 0.2) is 5.96 Å². The summed E-state index contributed by atoms with van der Waals surface area (Å²) >= 11 is 0. The van der Waals surface area contributed by atoms with Crippen LogP contribution in [0.25, 0.3) is 0 Å². The number of unbranched alkanes of at least 4 members (excludes halogenated alkanes) is 2. The molecule has 1 aromatic heterocycles. The third-order valence-corrected chi connectivity index (χ3v) is 4.06. The maximum atomic E-state index is 5.10. The van der Waals surface area contributed by atoms with Crippen LogP contribution >= 0.6 is 0 Å². The summed E-state index contributed by atoms with van der Waals surface area (Å²) in [4.78, 5) is 4.66. The molecule has 0 aromatic carbocycles. The number of guanidine groups is 1. The Morgan fingerprint density at radius 1 is 1.32 bits per heavy atom. The number of ether oxygens (including phenoxy) is 1. The van der Waals surface area contributed by atoms with Gasteiger partial charge >= 0.3 is 0 Å². The Balaban J connectivity index is 2.46. The lowest BCUT2D eigenvalue weighted by molar-refractivity contribution is 0.197. The molecule has 1 atom stereocenters. The van der Waals surface area contributed by atoms with Gasteiger partial charge in [0.25, 0.3) is 0 Å². The van der Waals surface area contributed by atoms with Crippen LogP contribution in [0.15, 0.2) is 11.3 Å². The molecule has 0 amide bonds. The smallest absolute Gasteiger partial charge is 0.191 e. The van der Waals surface area contributed by atoms with Crippen molar-refractivity contribution in [3.63, 3.8) is 0 Å². The molecule has 1 heterocycles. The minimum Gasteiger partial charge on any atom is -0.385 e. The number of nitrogens with zero attached hydrogens (tertiary/aromatic N) is 4. The van der Waals surface area contributed by atoms with E-state index in [-0.39, 0.29) is 0 Å². The minimum absolute atomic E-state index is 0.418. The molecule has 0 bridgehead atoms. The van der Waals surface area contributed by atoms with Crippen LogP contribution in [0, 0.1) is 0 Å². The molecule has 0 radical (unpaired) electrons. The van der Waals surface area contributed by atoms with Crippen molar-refractivity contribution in [2.24, 2.45) is 4.99 Å². The van der Waals surface area contributed by atoms with Crippen LogP contribution in [0.2, 0.25) is 0 Å². The number of methoxy groups -OCH3 is 1. The Hall–Kier alpha value is -1.63. The Bertz CT molecular complexity index is 474. The van der Waals surface area contributed by atoms with Crippen LogP contribution in [0.1, 0.15) is 58.7 Å². The summed E-state index contributed by atoms with van der Waals surface area (Å²) < 4.78 is 7.18. The zero-order chi connectivity index (χ0) is 18.3. The van der Waals surface area contributed by atoms with E-state index in [0.29, 0.717) is 6.04 Å². The third kappa shape index (κ3) is 9.43. The first kappa shape index (κ1) is 21.4. The van der Waals surface area contributed by atoms with Crippen molar-refractivity contribution in [1.29, 1.82) is 0 Å². The van der Waals surface area contributed by atoms with Gasteiger partial charge in [0.1, 0.15) is 12.2 Å². The van der Waals surface area contributed by atoms with Crippen LogP contribution in [0.3, 0.4) is 0 Å². The van der Waals surface area contributed by atoms with E-state index >= 15 is 0 Å². The lowest BCUT2D eigenvalue weighted by Crippen LogP contribution is -2.43. The lowest BCUT2D eigenvalue weighted by atomic mass is 10.1. The topological polar surface area (TPSA) is 76.4 Å². The number of aryl methyl sites for hydroxylation is 1. The highest BCUT2D eigenvalue weighted by atomic mass is 16.5. The third-order valence-electron chi connectivity index (χ3n) is 4.06. The molecule has 1 aromatic rings. The first-order valence-electron chi connectivity index (χ1n) is 9.61. The highest BCUT2D eigenvalue weighted by Gasteiger charge is 2.06. The maximum absolute atomic E-state index is 5.10. The molecule has 7 heteroatoms. The second-order valence-electron chi connectivity index (χ2n) is 6.34. The molecule has 0 spiro atoms. The summed E-state index contributed by atoms with van der Waals surface area (Å²) in [5.41, 5.74) is 0. The van der Waals surface area contributed by atoms with E-state index in [4.69, 9.17) is 4.74 Å². The van der Waals surface area contributed by atoms with Gasteiger partial charge in [0, 0.05) is 45.8 Å². The number of hydrogen-bond acceptors (Lipinski definition) is 4. The van der Waals surface area contributed by atoms with E-state index in [1.807, 2.05) is 0 Å². The van der Waals surface area contributed by atoms with Crippen molar-refractivity contribution in [3.05, 3.63) is 12.2 Å². The Labute approximate surface area is 152 Å². The van der Waals surface area contributed by atoms with Crippen molar-refractivity contribution in [2.45, 2.75) is 71.9 Å². The summed E-state index contributed by atoms with van der Waals surface area (Å²) in [6, 6.07) is 0.418. The summed E-state index contributed by atoms with van der Waals surface area (Å²) in [6.07, 6.45) is 8.56. The Morgan fingerprint density at radius 2 is 2.16 bits per heavy atom. The number of nitrogens with one attached hydrogen (secondary N) is 2. The molecule has 0 aliphatic heterocycles. The van der Waals surface area contributed by atoms with E-state index in [9.17, 15) is 0 Å². The second kappa shape index (κ2) is 13.6. The first-order chi connectivity index (χ1) is 12.2. The monoisotopic (exact) mass is 352 g/mol. The van der Waals surface area contributed by atoms with E-state index in [1.54, 1.807) is 13.4 Å². The summed E-state index contributed by atoms with van der Waals surface area (Å²) in [5.74, 6) is 1.90. The van der Waals surface area contributed by atoms with Crippen LogP contribution in [-0.2, 0) is 17.7 Å². The summed E-state index contributed by atoms with van der Waals surface area (Å²) in [5, 5.41) is 15.0. The maximum Gasteiger partial charge on any atom is 0.191 e. The summed E-state index contributed by atoms with van der Waals surface area (Å²) in [7, 11) is 1.72. The molecule has 7 nitrogen and oxygen atoms in total. The fourth-order valence-corrected chi connectivity index (χ4v) is 2.59. The normalized spacial score (nSPS) is 13.0. The van der Waals surface area contributed by atoms with Crippen LogP contribution < -0.4 is 10.6 Å². The van der Waals surface area contributed by atoms with Crippen molar-refractivity contribution in [1.82, 2.24) is 25.4 Å². The van der Waals surface area contributed by atoms with Crippen LogP contribution in [-0.4, -0.2) is 53.6 Å². The predicted octanol–water partition coefficient (Wildman–Crippen LogP) is 2.38.